The molecule has 0 saturated carbocycles. The van der Waals surface area contributed by atoms with Crippen molar-refractivity contribution in [2.75, 3.05) is 20.8 Å². The van der Waals surface area contributed by atoms with Gasteiger partial charge in [-0.1, -0.05) is 30.3 Å². The van der Waals surface area contributed by atoms with Crippen LogP contribution < -0.4 is 0 Å². The Kier molecular flexibility index (Phi) is 5.86. The molecule has 0 aromatic heterocycles. The predicted molar refractivity (Wildman–Crippen MR) is 90.0 cm³/mol. The fourth-order valence-corrected chi connectivity index (χ4v) is 3.37. The Bertz CT molecular complexity index is 573. The first-order chi connectivity index (χ1) is 12.1. The van der Waals surface area contributed by atoms with E-state index in [-0.39, 0.29) is 18.2 Å². The van der Waals surface area contributed by atoms with E-state index in [1.165, 1.54) is 0 Å². The van der Waals surface area contributed by atoms with Crippen LogP contribution in [0.1, 0.15) is 38.0 Å². The molecule has 0 unspecified atom stereocenters. The first-order valence-corrected chi connectivity index (χ1v) is 8.64. The molecule has 0 amide bonds. The van der Waals surface area contributed by atoms with Gasteiger partial charge in [0, 0.05) is 32.6 Å². The first-order valence-electron chi connectivity index (χ1n) is 8.64. The Morgan fingerprint density at radius 2 is 1.96 bits per heavy atom. The minimum Gasteiger partial charge on any atom is -0.359 e. The number of benzene rings is 1. The summed E-state index contributed by atoms with van der Waals surface area (Å²) in [6, 6.07) is 9.74. The summed E-state index contributed by atoms with van der Waals surface area (Å²) in [5.74, 6) is 0.0575. The van der Waals surface area contributed by atoms with Crippen LogP contribution in [0.3, 0.4) is 0 Å². The lowest BCUT2D eigenvalue weighted by Gasteiger charge is -2.48. The lowest BCUT2D eigenvalue weighted by Crippen LogP contribution is -2.59. The fourth-order valence-electron chi connectivity index (χ4n) is 3.37. The molecule has 0 spiro atoms. The quantitative estimate of drug-likeness (QED) is 0.735. The minimum absolute atomic E-state index is 0.0575. The van der Waals surface area contributed by atoms with Crippen molar-refractivity contribution < 1.29 is 28.5 Å². The zero-order chi connectivity index (χ0) is 17.9. The normalized spacial score (nSPS) is 32.6. The molecule has 0 radical (unpaired) electrons. The summed E-state index contributed by atoms with van der Waals surface area (Å²) in [5, 5.41) is 0. The van der Waals surface area contributed by atoms with Gasteiger partial charge in [-0.25, -0.2) is 0 Å². The molecule has 6 heteroatoms. The Morgan fingerprint density at radius 3 is 2.64 bits per heavy atom. The molecule has 2 saturated heterocycles. The average molecular weight is 350 g/mol. The van der Waals surface area contributed by atoms with Crippen molar-refractivity contribution in [2.24, 2.45) is 0 Å². The van der Waals surface area contributed by atoms with Crippen molar-refractivity contribution in [1.29, 1.82) is 0 Å². The van der Waals surface area contributed by atoms with Crippen LogP contribution in [0.2, 0.25) is 0 Å². The van der Waals surface area contributed by atoms with E-state index in [2.05, 4.69) is 0 Å². The van der Waals surface area contributed by atoms with E-state index in [4.69, 9.17) is 23.7 Å². The van der Waals surface area contributed by atoms with Gasteiger partial charge < -0.3 is 23.7 Å². The van der Waals surface area contributed by atoms with Crippen LogP contribution in [-0.2, 0) is 28.5 Å². The Labute approximate surface area is 148 Å². The summed E-state index contributed by atoms with van der Waals surface area (Å²) < 4.78 is 28.4. The smallest absolute Gasteiger partial charge is 0.184 e. The summed E-state index contributed by atoms with van der Waals surface area (Å²) in [5.41, 5.74) is 0.321. The van der Waals surface area contributed by atoms with Crippen LogP contribution in [0.15, 0.2) is 30.3 Å². The third-order valence-corrected chi connectivity index (χ3v) is 4.91. The molecular formula is C19H26O6. The van der Waals surface area contributed by atoms with Gasteiger partial charge in [0.1, 0.15) is 11.7 Å². The van der Waals surface area contributed by atoms with E-state index in [0.717, 1.165) is 5.56 Å². The van der Waals surface area contributed by atoms with Crippen LogP contribution in [-0.4, -0.2) is 50.7 Å². The number of Topliss-reactive ketones (excluding diaryl/α,β-unsaturated/α-hetero) is 1. The number of methoxy groups -OCH3 is 2. The van der Waals surface area contributed by atoms with E-state index < -0.39 is 18.0 Å². The molecule has 1 aromatic rings. The minimum atomic E-state index is -0.625. The average Bonchev–Trinajstić information content (AvgIpc) is 2.63. The molecule has 0 N–H and O–H groups in total. The third-order valence-electron chi connectivity index (χ3n) is 4.91. The molecule has 25 heavy (non-hydrogen) atoms. The molecule has 2 heterocycles. The summed E-state index contributed by atoms with van der Waals surface area (Å²) in [4.78, 5) is 12.5. The molecule has 1 aromatic carbocycles. The van der Waals surface area contributed by atoms with Crippen LogP contribution in [0.25, 0.3) is 0 Å². The molecule has 3 rings (SSSR count). The molecule has 2 fully saturated rings. The van der Waals surface area contributed by atoms with E-state index in [0.29, 0.717) is 25.9 Å². The van der Waals surface area contributed by atoms with E-state index >= 15 is 0 Å². The predicted octanol–water partition coefficient (Wildman–Crippen LogP) is 2.62. The fraction of sp³-hybridized carbons (Fsp3) is 0.632. The standard InChI is InChI=1S/C19H26O6/c1-19-12-23-18(13-7-5-4-6-8-13)24-16(19)11-14(20)15(25-19)9-10-17(21-2)22-3/h4-8,15-18H,9-12H2,1-3H3/t15-,16-,18+,19+/m0/s1. The van der Waals surface area contributed by atoms with Crippen molar-refractivity contribution >= 4 is 5.78 Å². The van der Waals surface area contributed by atoms with Gasteiger partial charge in [-0.15, -0.1) is 0 Å². The maximum atomic E-state index is 12.5. The van der Waals surface area contributed by atoms with Gasteiger partial charge in [-0.3, -0.25) is 4.79 Å². The number of carbonyl (C=O) groups excluding carboxylic acids is 1. The van der Waals surface area contributed by atoms with Gasteiger partial charge in [0.15, 0.2) is 18.4 Å². The summed E-state index contributed by atoms with van der Waals surface area (Å²) in [6.45, 7) is 2.33. The molecule has 4 atom stereocenters. The highest BCUT2D eigenvalue weighted by atomic mass is 16.7. The van der Waals surface area contributed by atoms with Crippen LogP contribution >= 0.6 is 0 Å². The zero-order valence-corrected chi connectivity index (χ0v) is 15.0. The van der Waals surface area contributed by atoms with Crippen molar-refractivity contribution in [3.8, 4) is 0 Å². The van der Waals surface area contributed by atoms with Gasteiger partial charge in [0.2, 0.25) is 0 Å². The summed E-state index contributed by atoms with van der Waals surface area (Å²) in [6.07, 6.45) is -0.0979. The molecule has 2 aliphatic rings. The Balaban J connectivity index is 1.63. The first kappa shape index (κ1) is 18.5. The Morgan fingerprint density at radius 1 is 1.24 bits per heavy atom. The number of rotatable bonds is 6. The largest absolute Gasteiger partial charge is 0.359 e. The van der Waals surface area contributed by atoms with Crippen LogP contribution in [0.5, 0.6) is 0 Å². The lowest BCUT2D eigenvalue weighted by molar-refractivity contribution is -0.316. The topological polar surface area (TPSA) is 63.2 Å². The highest BCUT2D eigenvalue weighted by Gasteiger charge is 2.50. The van der Waals surface area contributed by atoms with Gasteiger partial charge >= 0.3 is 0 Å². The van der Waals surface area contributed by atoms with Crippen LogP contribution in [0, 0.1) is 0 Å². The SMILES string of the molecule is COC(CC[C@@H]1O[C@]2(C)CO[C@@H](c3ccccc3)O[C@H]2CC1=O)OC. The number of ketones is 1. The monoisotopic (exact) mass is 350 g/mol. The zero-order valence-electron chi connectivity index (χ0n) is 15.0. The van der Waals surface area contributed by atoms with Gasteiger partial charge in [-0.2, -0.15) is 0 Å². The number of ether oxygens (including phenoxy) is 5. The van der Waals surface area contributed by atoms with E-state index in [1.807, 2.05) is 37.3 Å². The number of fused-ring (bicyclic) bond motifs is 1. The number of hydrogen-bond donors (Lipinski definition) is 0. The maximum Gasteiger partial charge on any atom is 0.184 e. The second kappa shape index (κ2) is 7.93. The highest BCUT2D eigenvalue weighted by molar-refractivity contribution is 5.84. The van der Waals surface area contributed by atoms with Crippen LogP contribution in [0.4, 0.5) is 0 Å². The molecule has 0 aliphatic carbocycles. The highest BCUT2D eigenvalue weighted by Crippen LogP contribution is 2.39. The summed E-state index contributed by atoms with van der Waals surface area (Å²) >= 11 is 0. The number of carbonyl (C=O) groups is 1. The van der Waals surface area contributed by atoms with Crippen molar-refractivity contribution in [3.63, 3.8) is 0 Å². The Hall–Kier alpha value is -1.31. The van der Waals surface area contributed by atoms with Gasteiger partial charge in [0.25, 0.3) is 0 Å². The lowest BCUT2D eigenvalue weighted by atomic mass is 9.87. The number of hydrogen-bond acceptors (Lipinski definition) is 6. The molecule has 6 nitrogen and oxygen atoms in total. The molecule has 138 valence electrons. The third kappa shape index (κ3) is 4.10. The molecular weight excluding hydrogens is 324 g/mol. The summed E-state index contributed by atoms with van der Waals surface area (Å²) in [7, 11) is 3.17. The molecule has 0 bridgehead atoms. The molecule has 2 aliphatic heterocycles. The second-order valence-corrected chi connectivity index (χ2v) is 6.75. The van der Waals surface area contributed by atoms with E-state index in [1.54, 1.807) is 14.2 Å². The van der Waals surface area contributed by atoms with Crippen molar-refractivity contribution in [2.45, 2.75) is 56.6 Å². The van der Waals surface area contributed by atoms with E-state index in [9.17, 15) is 4.79 Å². The van der Waals surface area contributed by atoms with Crippen molar-refractivity contribution in [3.05, 3.63) is 35.9 Å². The van der Waals surface area contributed by atoms with Gasteiger partial charge in [-0.05, 0) is 13.3 Å². The van der Waals surface area contributed by atoms with Gasteiger partial charge in [0.05, 0.1) is 12.7 Å². The second-order valence-electron chi connectivity index (χ2n) is 6.75. The maximum absolute atomic E-state index is 12.5. The van der Waals surface area contributed by atoms with Crippen molar-refractivity contribution in [1.82, 2.24) is 0 Å².